The van der Waals surface area contributed by atoms with E-state index in [0.29, 0.717) is 29.0 Å². The maximum atomic E-state index is 14.9. The number of hydrogen-bond acceptors (Lipinski definition) is 5. The number of carboxylic acids is 1. The zero-order chi connectivity index (χ0) is 32.1. The molecule has 8 nitrogen and oxygen atoms in total. The molecular formula is C32H30Cl2F2N2O6S. The van der Waals surface area contributed by atoms with Crippen LogP contribution in [-0.4, -0.2) is 49.0 Å². The van der Waals surface area contributed by atoms with E-state index in [0.717, 1.165) is 0 Å². The molecule has 45 heavy (non-hydrogen) atoms. The fourth-order valence-electron chi connectivity index (χ4n) is 6.33. The molecule has 13 heteroatoms. The average Bonchev–Trinajstić information content (AvgIpc) is 3.91. The minimum Gasteiger partial charge on any atom is -0.481 e. The molecule has 3 aromatic carbocycles. The largest absolute Gasteiger partial charge is 0.481 e. The molecule has 238 valence electrons. The van der Waals surface area contributed by atoms with Gasteiger partial charge in [-0.05, 0) is 73.1 Å². The number of carbonyl (C=O) groups excluding carboxylic acids is 1. The molecule has 1 heterocycles. The van der Waals surface area contributed by atoms with Crippen LogP contribution in [0.15, 0.2) is 66.7 Å². The van der Waals surface area contributed by atoms with Crippen LogP contribution in [0.25, 0.3) is 0 Å². The van der Waals surface area contributed by atoms with Gasteiger partial charge in [0.05, 0.1) is 17.5 Å². The van der Waals surface area contributed by atoms with Crippen LogP contribution in [0.3, 0.4) is 0 Å². The van der Waals surface area contributed by atoms with E-state index < -0.39 is 69.0 Å². The van der Waals surface area contributed by atoms with E-state index >= 15 is 0 Å². The number of hydrogen-bond donors (Lipinski definition) is 2. The standard InChI is InChI=1S/C32H30Cl2F2N2O6S/c33-21-5-3-4-20(14-21)30-29(19-10-11-23(34)25(36)15-19)38(31(41)27(44-30)16-28(39)40)26(18-8-9-18)17-37-45(42,43)32(12-13-32)22-6-1-2-7-24(22)35/h1-7,10-11,14-15,18,26-27,29-30,37H,8-9,12-13,16-17H2,(H,39,40)/t26-,27+,29-,30-/m1/s1. The average molecular weight is 680 g/mol. The van der Waals surface area contributed by atoms with Crippen LogP contribution < -0.4 is 4.72 Å². The summed E-state index contributed by atoms with van der Waals surface area (Å²) < 4.78 is 64.7. The summed E-state index contributed by atoms with van der Waals surface area (Å²) in [6.07, 6.45) is -1.21. The SMILES string of the molecule is O=C(O)C[C@@H]1O[C@H](c2cccc(Cl)c2)[C@@H](c2ccc(Cl)c(F)c2)N([C@H](CNS(=O)(=O)C2(c3ccccc3F)CC2)C2CC2)C1=O. The fourth-order valence-corrected chi connectivity index (χ4v) is 8.41. The Hall–Kier alpha value is -3.09. The third-order valence-corrected chi connectivity index (χ3v) is 11.6. The number of aliphatic carboxylic acids is 1. The minimum absolute atomic E-state index is 0.0833. The number of carbonyl (C=O) groups is 2. The van der Waals surface area contributed by atoms with Crippen LogP contribution in [0.2, 0.25) is 10.0 Å². The van der Waals surface area contributed by atoms with E-state index in [1.54, 1.807) is 36.4 Å². The van der Waals surface area contributed by atoms with Gasteiger partial charge in [0.2, 0.25) is 10.0 Å². The molecule has 0 aromatic heterocycles. The van der Waals surface area contributed by atoms with Crippen molar-refractivity contribution in [2.45, 2.75) is 61.1 Å². The number of halogens is 4. The molecule has 0 radical (unpaired) electrons. The lowest BCUT2D eigenvalue weighted by Gasteiger charge is -2.48. The monoisotopic (exact) mass is 678 g/mol. The third-order valence-electron chi connectivity index (χ3n) is 8.84. The van der Waals surface area contributed by atoms with Gasteiger partial charge in [0, 0.05) is 23.2 Å². The number of sulfonamides is 1. The van der Waals surface area contributed by atoms with Gasteiger partial charge in [0.25, 0.3) is 5.91 Å². The highest BCUT2D eigenvalue weighted by atomic mass is 35.5. The fraction of sp³-hybridized carbons (Fsp3) is 0.375. The van der Waals surface area contributed by atoms with Gasteiger partial charge in [-0.3, -0.25) is 9.59 Å². The Morgan fingerprint density at radius 3 is 2.38 bits per heavy atom. The molecule has 2 N–H and O–H groups in total. The predicted octanol–water partition coefficient (Wildman–Crippen LogP) is 6.14. The van der Waals surface area contributed by atoms with E-state index in [-0.39, 0.29) is 35.9 Å². The van der Waals surface area contributed by atoms with Crippen LogP contribution in [0.4, 0.5) is 8.78 Å². The maximum absolute atomic E-state index is 14.9. The molecular weight excluding hydrogens is 649 g/mol. The number of benzene rings is 3. The smallest absolute Gasteiger partial charge is 0.306 e. The Labute approximate surface area is 269 Å². The van der Waals surface area contributed by atoms with Gasteiger partial charge >= 0.3 is 5.97 Å². The Bertz CT molecular complexity index is 1750. The van der Waals surface area contributed by atoms with Gasteiger partial charge in [-0.15, -0.1) is 0 Å². The number of nitrogens with one attached hydrogen (secondary N) is 1. The zero-order valence-electron chi connectivity index (χ0n) is 23.8. The van der Waals surface area contributed by atoms with Crippen molar-refractivity contribution >= 4 is 45.1 Å². The van der Waals surface area contributed by atoms with Crippen LogP contribution in [0.5, 0.6) is 0 Å². The Morgan fingerprint density at radius 1 is 1.02 bits per heavy atom. The lowest BCUT2D eigenvalue weighted by atomic mass is 9.89. The summed E-state index contributed by atoms with van der Waals surface area (Å²) in [7, 11) is -4.13. The van der Waals surface area contributed by atoms with Crippen LogP contribution in [0, 0.1) is 17.6 Å². The molecule has 1 amide bonds. The second-order valence-electron chi connectivity index (χ2n) is 11.8. The first-order valence-electron chi connectivity index (χ1n) is 14.6. The zero-order valence-corrected chi connectivity index (χ0v) is 26.2. The van der Waals surface area contributed by atoms with Crippen LogP contribution in [-0.2, 0) is 29.1 Å². The highest BCUT2D eigenvalue weighted by Crippen LogP contribution is 2.53. The maximum Gasteiger partial charge on any atom is 0.306 e. The molecule has 2 aliphatic carbocycles. The molecule has 0 bridgehead atoms. The summed E-state index contributed by atoms with van der Waals surface area (Å²) >= 11 is 12.3. The highest BCUT2D eigenvalue weighted by Gasteiger charge is 2.58. The van der Waals surface area contributed by atoms with Gasteiger partial charge in [-0.2, -0.15) is 0 Å². The summed E-state index contributed by atoms with van der Waals surface area (Å²) in [5.41, 5.74) is 0.921. The molecule has 2 saturated carbocycles. The lowest BCUT2D eigenvalue weighted by molar-refractivity contribution is -0.184. The van der Waals surface area contributed by atoms with E-state index in [9.17, 15) is 31.9 Å². The van der Waals surface area contributed by atoms with Crippen molar-refractivity contribution in [2.24, 2.45) is 5.92 Å². The first-order valence-corrected chi connectivity index (χ1v) is 16.8. The summed E-state index contributed by atoms with van der Waals surface area (Å²) in [4.78, 5) is 27.5. The van der Waals surface area contributed by atoms with E-state index in [2.05, 4.69) is 4.72 Å². The number of rotatable bonds is 11. The highest BCUT2D eigenvalue weighted by molar-refractivity contribution is 7.90. The summed E-state index contributed by atoms with van der Waals surface area (Å²) in [6, 6.07) is 14.8. The van der Waals surface area contributed by atoms with Crippen molar-refractivity contribution in [2.75, 3.05) is 6.54 Å². The van der Waals surface area contributed by atoms with Gasteiger partial charge in [-0.1, -0.05) is 59.6 Å². The number of morpholine rings is 1. The lowest BCUT2D eigenvalue weighted by Crippen LogP contribution is -2.58. The molecule has 0 spiro atoms. The van der Waals surface area contributed by atoms with Crippen molar-refractivity contribution in [1.29, 1.82) is 0 Å². The predicted molar refractivity (Wildman–Crippen MR) is 163 cm³/mol. The minimum atomic E-state index is -4.13. The normalized spacial score (nSPS) is 23.5. The molecule has 3 aliphatic rings. The molecule has 3 aromatic rings. The van der Waals surface area contributed by atoms with Crippen LogP contribution in [0.1, 0.15) is 60.9 Å². The topological polar surface area (TPSA) is 113 Å². The van der Waals surface area contributed by atoms with E-state index in [1.807, 2.05) is 0 Å². The van der Waals surface area contributed by atoms with Gasteiger partial charge in [0.1, 0.15) is 28.6 Å². The third kappa shape index (κ3) is 6.20. The second-order valence-corrected chi connectivity index (χ2v) is 14.7. The van der Waals surface area contributed by atoms with Crippen molar-refractivity contribution in [3.63, 3.8) is 0 Å². The van der Waals surface area contributed by atoms with E-state index in [1.165, 1.54) is 35.2 Å². The number of carboxylic acid groups (broad SMARTS) is 1. The molecule has 4 atom stereocenters. The Morgan fingerprint density at radius 2 is 1.76 bits per heavy atom. The molecule has 0 unspecified atom stereocenters. The Kier molecular flexibility index (Phi) is 8.68. The van der Waals surface area contributed by atoms with Crippen molar-refractivity contribution in [3.8, 4) is 0 Å². The molecule has 6 rings (SSSR count). The van der Waals surface area contributed by atoms with Crippen LogP contribution >= 0.6 is 23.2 Å². The second kappa shape index (κ2) is 12.3. The number of nitrogens with zero attached hydrogens (tertiary/aromatic N) is 1. The summed E-state index contributed by atoms with van der Waals surface area (Å²) in [6.45, 7) is -0.219. The summed E-state index contributed by atoms with van der Waals surface area (Å²) in [5.74, 6) is -3.42. The van der Waals surface area contributed by atoms with Crippen molar-refractivity contribution < 1.29 is 36.6 Å². The quantitative estimate of drug-likeness (QED) is 0.252. The van der Waals surface area contributed by atoms with Crippen molar-refractivity contribution in [1.82, 2.24) is 9.62 Å². The molecule has 1 saturated heterocycles. The molecule has 3 fully saturated rings. The molecule has 1 aliphatic heterocycles. The van der Waals surface area contributed by atoms with Crippen molar-refractivity contribution in [3.05, 3.63) is 105 Å². The van der Waals surface area contributed by atoms with E-state index in [4.69, 9.17) is 27.9 Å². The first kappa shape index (κ1) is 31.9. The van der Waals surface area contributed by atoms with Gasteiger partial charge in [0.15, 0.2) is 0 Å². The Balaban J connectivity index is 1.42. The summed E-state index contributed by atoms with van der Waals surface area (Å²) in [5, 5.41) is 9.89. The number of ether oxygens (including phenoxy) is 1. The number of amides is 1. The first-order chi connectivity index (χ1) is 21.4. The van der Waals surface area contributed by atoms with Gasteiger partial charge < -0.3 is 14.7 Å². The van der Waals surface area contributed by atoms with Gasteiger partial charge in [-0.25, -0.2) is 21.9 Å².